The molecule has 2 aliphatic heterocycles. The van der Waals surface area contributed by atoms with Gasteiger partial charge in [-0.2, -0.15) is 13.8 Å². The Morgan fingerprint density at radius 3 is 2.67 bits per heavy atom. The third-order valence-corrected chi connectivity index (χ3v) is 6.64. The first-order valence-electron chi connectivity index (χ1n) is 9.79. The van der Waals surface area contributed by atoms with Crippen LogP contribution in [0.2, 0.25) is 5.02 Å². The van der Waals surface area contributed by atoms with Gasteiger partial charge >= 0.3 is 19.4 Å². The Hall–Kier alpha value is -2.21. The van der Waals surface area contributed by atoms with Gasteiger partial charge in [0.15, 0.2) is 6.10 Å². The molecule has 0 aliphatic carbocycles. The number of nitrogens with zero attached hydrogens (tertiary/aromatic N) is 2. The van der Waals surface area contributed by atoms with Gasteiger partial charge in [-0.3, -0.25) is 22.9 Å². The molecule has 33 heavy (non-hydrogen) atoms. The number of ether oxygens (including phenoxy) is 1. The fraction of sp³-hybridized carbons (Fsp3) is 0.421. The lowest BCUT2D eigenvalue weighted by Gasteiger charge is -2.32. The summed E-state index contributed by atoms with van der Waals surface area (Å²) >= 11 is 5.78. The van der Waals surface area contributed by atoms with Crippen LogP contribution in [0.25, 0.3) is 0 Å². The Morgan fingerprint density at radius 2 is 2.03 bits per heavy atom. The molecule has 2 fully saturated rings. The predicted octanol–water partition coefficient (Wildman–Crippen LogP) is 3.63. The number of rotatable bonds is 5. The van der Waals surface area contributed by atoms with Crippen LogP contribution in [0, 0.1) is 0 Å². The monoisotopic (exact) mass is 505 g/mol. The van der Waals surface area contributed by atoms with Gasteiger partial charge in [-0.05, 0) is 44.2 Å². The van der Waals surface area contributed by atoms with Gasteiger partial charge in [0.1, 0.15) is 11.9 Å². The third kappa shape index (κ3) is 4.86. The van der Waals surface area contributed by atoms with Gasteiger partial charge in [-0.25, -0.2) is 9.36 Å². The number of anilines is 1. The van der Waals surface area contributed by atoms with Gasteiger partial charge in [0, 0.05) is 16.8 Å². The minimum absolute atomic E-state index is 0.149. The van der Waals surface area contributed by atoms with Crippen molar-refractivity contribution in [3.63, 3.8) is 0 Å². The molecule has 178 valence electrons. The average Bonchev–Trinajstić information content (AvgIpc) is 2.98. The summed E-state index contributed by atoms with van der Waals surface area (Å²) in [5.74, 6) is -4.48. The fourth-order valence-corrected chi connectivity index (χ4v) is 5.03. The number of benzene rings is 1. The third-order valence-electron chi connectivity index (χ3n) is 4.76. The first kappa shape index (κ1) is 23.9. The first-order valence-corrected chi connectivity index (χ1v) is 11.6. The van der Waals surface area contributed by atoms with E-state index in [1.165, 1.54) is 30.3 Å². The van der Waals surface area contributed by atoms with E-state index < -0.39 is 56.5 Å². The molecule has 3 heterocycles. The SMILES string of the molecule is CC(C)OP1(=O)OC[C@H]2OC(n3ccc(NC(=O)c4ccc(Cl)cc4)nc3=O)C(F)(F)[C@@H]2O1. The Bertz CT molecular complexity index is 1160. The van der Waals surface area contributed by atoms with Crippen LogP contribution in [0.4, 0.5) is 14.6 Å². The summed E-state index contributed by atoms with van der Waals surface area (Å²) in [5.41, 5.74) is -0.847. The molecule has 0 radical (unpaired) electrons. The number of phosphoric acid groups is 1. The van der Waals surface area contributed by atoms with Crippen LogP contribution in [-0.2, 0) is 22.9 Å². The maximum atomic E-state index is 15.1. The number of carbonyl (C=O) groups excluding carboxylic acids is 1. The summed E-state index contributed by atoms with van der Waals surface area (Å²) in [6.45, 7) is 2.62. The molecule has 10 nitrogen and oxygen atoms in total. The van der Waals surface area contributed by atoms with E-state index in [0.717, 1.165) is 6.20 Å². The normalized spacial score (nSPS) is 28.5. The van der Waals surface area contributed by atoms with E-state index in [1.807, 2.05) is 0 Å². The molecule has 1 aromatic carbocycles. The zero-order valence-corrected chi connectivity index (χ0v) is 19.0. The predicted molar refractivity (Wildman–Crippen MR) is 111 cm³/mol. The van der Waals surface area contributed by atoms with E-state index in [4.69, 9.17) is 29.9 Å². The van der Waals surface area contributed by atoms with Crippen molar-refractivity contribution in [3.05, 3.63) is 57.6 Å². The Morgan fingerprint density at radius 1 is 1.33 bits per heavy atom. The number of aromatic nitrogens is 2. The maximum absolute atomic E-state index is 15.1. The van der Waals surface area contributed by atoms with Crippen molar-refractivity contribution in [1.82, 2.24) is 9.55 Å². The number of fused-ring (bicyclic) bond motifs is 1. The van der Waals surface area contributed by atoms with Crippen molar-refractivity contribution in [2.75, 3.05) is 11.9 Å². The quantitative estimate of drug-likeness (QED) is 0.612. The van der Waals surface area contributed by atoms with Crippen LogP contribution in [0.1, 0.15) is 30.4 Å². The second-order valence-corrected chi connectivity index (χ2v) is 9.60. The topological polar surface area (TPSA) is 118 Å². The van der Waals surface area contributed by atoms with E-state index in [1.54, 1.807) is 13.8 Å². The summed E-state index contributed by atoms with van der Waals surface area (Å²) in [5, 5.41) is 2.84. The summed E-state index contributed by atoms with van der Waals surface area (Å²) < 4.78 is 63.6. The lowest BCUT2D eigenvalue weighted by atomic mass is 10.1. The van der Waals surface area contributed by atoms with E-state index >= 15 is 8.78 Å². The number of hydrogen-bond donors (Lipinski definition) is 1. The summed E-state index contributed by atoms with van der Waals surface area (Å²) in [7, 11) is -4.22. The Balaban J connectivity index is 1.52. The number of halogens is 3. The smallest absolute Gasteiger partial charge is 0.343 e. The molecular weight excluding hydrogens is 487 g/mol. The standard InChI is InChI=1S/C19H19ClF2N3O7P/c1-10(2)31-33(28)29-9-13-15(32-33)19(21,22)17(30-13)25-8-7-14(24-18(25)27)23-16(26)11-3-5-12(20)6-4-11/h3-8,10,13,15,17H,9H2,1-2H3,(H,23,24,26,27)/t13-,15-,17?,33?/m1/s1. The zero-order valence-electron chi connectivity index (χ0n) is 17.3. The van der Waals surface area contributed by atoms with Crippen molar-refractivity contribution >= 4 is 31.1 Å². The molecule has 1 N–H and O–H groups in total. The molecule has 2 aliphatic rings. The van der Waals surface area contributed by atoms with Crippen LogP contribution < -0.4 is 11.0 Å². The minimum Gasteiger partial charge on any atom is -0.343 e. The van der Waals surface area contributed by atoms with Gasteiger partial charge in [0.05, 0.1) is 12.7 Å². The van der Waals surface area contributed by atoms with Crippen LogP contribution in [0.15, 0.2) is 41.3 Å². The minimum atomic E-state index is -4.22. The number of amides is 1. The number of carbonyl (C=O) groups is 1. The largest absolute Gasteiger partial charge is 0.475 e. The summed E-state index contributed by atoms with van der Waals surface area (Å²) in [6.07, 6.45) is -4.94. The second kappa shape index (κ2) is 8.86. The zero-order chi connectivity index (χ0) is 24.0. The van der Waals surface area contributed by atoms with E-state index in [2.05, 4.69) is 10.3 Å². The van der Waals surface area contributed by atoms with Gasteiger partial charge in [0.25, 0.3) is 5.91 Å². The molecule has 2 aromatic rings. The van der Waals surface area contributed by atoms with Crippen molar-refractivity contribution in [2.45, 2.75) is 44.3 Å². The van der Waals surface area contributed by atoms with Crippen LogP contribution in [0.3, 0.4) is 0 Å². The number of phosphoric ester groups is 1. The molecule has 14 heteroatoms. The Labute approximate surface area is 191 Å². The van der Waals surface area contributed by atoms with Gasteiger partial charge in [0.2, 0.25) is 6.23 Å². The van der Waals surface area contributed by atoms with Crippen LogP contribution in [0.5, 0.6) is 0 Å². The molecule has 1 amide bonds. The van der Waals surface area contributed by atoms with Gasteiger partial charge in [-0.1, -0.05) is 11.6 Å². The molecule has 4 atom stereocenters. The van der Waals surface area contributed by atoms with Crippen molar-refractivity contribution in [3.8, 4) is 0 Å². The average molecular weight is 506 g/mol. The van der Waals surface area contributed by atoms with Crippen LogP contribution in [-0.4, -0.2) is 46.3 Å². The van der Waals surface area contributed by atoms with Crippen LogP contribution >= 0.6 is 19.4 Å². The highest BCUT2D eigenvalue weighted by Crippen LogP contribution is 2.60. The summed E-state index contributed by atoms with van der Waals surface area (Å²) in [6, 6.07) is 7.13. The molecule has 0 bridgehead atoms. The molecule has 2 unspecified atom stereocenters. The van der Waals surface area contributed by atoms with Gasteiger partial charge in [-0.15, -0.1) is 0 Å². The molecule has 0 saturated carbocycles. The number of hydrogen-bond acceptors (Lipinski definition) is 8. The molecule has 4 rings (SSSR count). The van der Waals surface area contributed by atoms with E-state index in [0.29, 0.717) is 9.59 Å². The Kier molecular flexibility index (Phi) is 6.43. The summed E-state index contributed by atoms with van der Waals surface area (Å²) in [4.78, 5) is 28.4. The van der Waals surface area contributed by atoms with E-state index in [-0.39, 0.29) is 11.4 Å². The molecule has 1 aromatic heterocycles. The van der Waals surface area contributed by atoms with Crippen molar-refractivity contribution in [1.29, 1.82) is 0 Å². The highest BCUT2D eigenvalue weighted by atomic mass is 35.5. The number of alkyl halides is 2. The van der Waals surface area contributed by atoms with Crippen molar-refractivity contribution in [2.24, 2.45) is 0 Å². The van der Waals surface area contributed by atoms with E-state index in [9.17, 15) is 14.2 Å². The lowest BCUT2D eigenvalue weighted by Crippen LogP contribution is -2.45. The lowest BCUT2D eigenvalue weighted by molar-refractivity contribution is -0.139. The second-order valence-electron chi connectivity index (χ2n) is 7.59. The van der Waals surface area contributed by atoms with Gasteiger partial charge < -0.3 is 10.1 Å². The van der Waals surface area contributed by atoms with Crippen molar-refractivity contribution < 1.29 is 36.4 Å². The number of nitrogens with one attached hydrogen (secondary N) is 1. The first-order chi connectivity index (χ1) is 15.5. The fourth-order valence-electron chi connectivity index (χ4n) is 3.33. The highest BCUT2D eigenvalue weighted by Gasteiger charge is 2.65. The maximum Gasteiger partial charge on any atom is 0.475 e. The molecule has 0 spiro atoms. The molecule has 2 saturated heterocycles. The molecular formula is C19H19ClF2N3O7P. The highest BCUT2D eigenvalue weighted by molar-refractivity contribution is 7.48.